The summed E-state index contributed by atoms with van der Waals surface area (Å²) in [6.45, 7) is 8.12. The van der Waals surface area contributed by atoms with Crippen LogP contribution in [-0.2, 0) is 0 Å². The molecule has 1 aliphatic heterocycles. The van der Waals surface area contributed by atoms with Gasteiger partial charge in [0.1, 0.15) is 0 Å². The van der Waals surface area contributed by atoms with Gasteiger partial charge >= 0.3 is 0 Å². The number of amides is 1. The number of nitrogens with two attached hydrogens (primary N) is 1. The molecular formula is C18H25ClN4O2. The number of halogens is 1. The van der Waals surface area contributed by atoms with Gasteiger partial charge in [0.15, 0.2) is 5.82 Å². The summed E-state index contributed by atoms with van der Waals surface area (Å²) in [5, 5.41) is 4.00. The molecule has 1 aliphatic rings. The zero-order valence-corrected chi connectivity index (χ0v) is 15.7. The molecule has 0 aliphatic carbocycles. The lowest BCUT2D eigenvalue weighted by Crippen LogP contribution is -2.34. The van der Waals surface area contributed by atoms with Crippen molar-refractivity contribution in [3.63, 3.8) is 0 Å². The van der Waals surface area contributed by atoms with E-state index in [1.807, 2.05) is 43.0 Å². The van der Waals surface area contributed by atoms with Crippen molar-refractivity contribution in [1.29, 1.82) is 0 Å². The van der Waals surface area contributed by atoms with Crippen LogP contribution < -0.4 is 5.73 Å². The molecule has 7 heteroatoms. The average molecular weight is 365 g/mol. The van der Waals surface area contributed by atoms with Crippen LogP contribution in [0.2, 0.25) is 0 Å². The number of aromatic nitrogens is 2. The molecule has 1 aromatic heterocycles. The first-order valence-corrected chi connectivity index (χ1v) is 8.36. The van der Waals surface area contributed by atoms with Gasteiger partial charge in [-0.2, -0.15) is 4.98 Å². The van der Waals surface area contributed by atoms with Crippen molar-refractivity contribution in [1.82, 2.24) is 15.0 Å². The molecule has 2 heterocycles. The van der Waals surface area contributed by atoms with Crippen molar-refractivity contribution in [3.05, 3.63) is 35.7 Å². The monoisotopic (exact) mass is 364 g/mol. The fourth-order valence-corrected chi connectivity index (χ4v) is 2.97. The van der Waals surface area contributed by atoms with Gasteiger partial charge in [0.25, 0.3) is 11.8 Å². The van der Waals surface area contributed by atoms with Crippen molar-refractivity contribution in [2.75, 3.05) is 19.6 Å². The number of carbonyl (C=O) groups is 1. The fourth-order valence-electron chi connectivity index (χ4n) is 2.97. The Morgan fingerprint density at radius 1 is 1.40 bits per heavy atom. The van der Waals surface area contributed by atoms with Crippen molar-refractivity contribution in [2.45, 2.75) is 33.1 Å². The lowest BCUT2D eigenvalue weighted by molar-refractivity contribution is 0.0777. The van der Waals surface area contributed by atoms with E-state index in [9.17, 15) is 4.79 Å². The number of hydrogen-bond acceptors (Lipinski definition) is 5. The Labute approximate surface area is 154 Å². The molecule has 3 rings (SSSR count). The van der Waals surface area contributed by atoms with E-state index in [2.05, 4.69) is 17.1 Å². The van der Waals surface area contributed by atoms with Crippen LogP contribution in [0.15, 0.2) is 28.8 Å². The molecule has 1 atom stereocenters. The maximum Gasteiger partial charge on any atom is 0.258 e. The molecule has 0 saturated carbocycles. The number of rotatable bonds is 4. The molecule has 2 aromatic rings. The summed E-state index contributed by atoms with van der Waals surface area (Å²) in [4.78, 5) is 19.3. The van der Waals surface area contributed by atoms with Crippen LogP contribution in [-0.4, -0.2) is 40.6 Å². The van der Waals surface area contributed by atoms with E-state index in [-0.39, 0.29) is 29.6 Å². The van der Waals surface area contributed by atoms with Crippen LogP contribution >= 0.6 is 12.4 Å². The molecule has 0 radical (unpaired) electrons. The molecule has 1 amide bonds. The second-order valence-corrected chi connectivity index (χ2v) is 7.15. The quantitative estimate of drug-likeness (QED) is 0.900. The van der Waals surface area contributed by atoms with E-state index < -0.39 is 0 Å². The van der Waals surface area contributed by atoms with E-state index in [4.69, 9.17) is 10.3 Å². The van der Waals surface area contributed by atoms with Crippen molar-refractivity contribution in [2.24, 2.45) is 11.1 Å². The third-order valence-electron chi connectivity index (χ3n) is 4.68. The minimum absolute atomic E-state index is 0. The summed E-state index contributed by atoms with van der Waals surface area (Å²) in [6, 6.07) is 7.39. The summed E-state index contributed by atoms with van der Waals surface area (Å²) in [5.74, 6) is 1.20. The highest BCUT2D eigenvalue weighted by Gasteiger charge is 2.36. The Bertz CT molecular complexity index is 746. The lowest BCUT2D eigenvalue weighted by atomic mass is 9.90. The molecule has 1 unspecified atom stereocenters. The molecule has 136 valence electrons. The molecule has 0 spiro atoms. The van der Waals surface area contributed by atoms with Crippen LogP contribution in [0.4, 0.5) is 0 Å². The first-order chi connectivity index (χ1) is 11.4. The van der Waals surface area contributed by atoms with Gasteiger partial charge in [-0.25, -0.2) is 0 Å². The van der Waals surface area contributed by atoms with Crippen molar-refractivity contribution in [3.8, 4) is 11.5 Å². The largest absolute Gasteiger partial charge is 0.338 e. The van der Waals surface area contributed by atoms with Crippen LogP contribution in [0, 0.1) is 5.41 Å². The van der Waals surface area contributed by atoms with Gasteiger partial charge in [0.05, 0.1) is 11.1 Å². The SMILES string of the molecule is CC(C)c1noc(-c2ccccc2C(=O)N2CCC(C)(CN)C2)n1.Cl. The Balaban J connectivity index is 0.00000225. The molecule has 1 fully saturated rings. The predicted molar refractivity (Wildman–Crippen MR) is 98.8 cm³/mol. The molecular weight excluding hydrogens is 340 g/mol. The highest BCUT2D eigenvalue weighted by molar-refractivity contribution is 6.00. The minimum atomic E-state index is -0.00734. The number of benzene rings is 1. The Morgan fingerprint density at radius 2 is 2.12 bits per heavy atom. The summed E-state index contributed by atoms with van der Waals surface area (Å²) >= 11 is 0. The zero-order valence-electron chi connectivity index (χ0n) is 14.9. The third-order valence-corrected chi connectivity index (χ3v) is 4.68. The Kier molecular flexibility index (Phi) is 5.85. The predicted octanol–water partition coefficient (Wildman–Crippen LogP) is 3.09. The van der Waals surface area contributed by atoms with Gasteiger partial charge in [-0.15, -0.1) is 12.4 Å². The van der Waals surface area contributed by atoms with E-state index >= 15 is 0 Å². The van der Waals surface area contributed by atoms with E-state index in [1.54, 1.807) is 0 Å². The first kappa shape index (κ1) is 19.4. The smallest absolute Gasteiger partial charge is 0.258 e. The molecule has 6 nitrogen and oxygen atoms in total. The second kappa shape index (κ2) is 7.54. The number of likely N-dealkylation sites (tertiary alicyclic amines) is 1. The van der Waals surface area contributed by atoms with Crippen LogP contribution in [0.25, 0.3) is 11.5 Å². The molecule has 1 aromatic carbocycles. The Hall–Kier alpha value is -1.92. The van der Waals surface area contributed by atoms with Crippen LogP contribution in [0.3, 0.4) is 0 Å². The maximum atomic E-state index is 13.0. The highest BCUT2D eigenvalue weighted by Crippen LogP contribution is 2.31. The normalized spacial score (nSPS) is 20.0. The van der Waals surface area contributed by atoms with Crippen molar-refractivity contribution >= 4 is 18.3 Å². The Morgan fingerprint density at radius 3 is 2.72 bits per heavy atom. The maximum absolute atomic E-state index is 13.0. The number of nitrogens with zero attached hydrogens (tertiary/aromatic N) is 3. The van der Waals surface area contributed by atoms with Gasteiger partial charge in [0, 0.05) is 19.0 Å². The molecule has 2 N–H and O–H groups in total. The third kappa shape index (κ3) is 3.85. The van der Waals surface area contributed by atoms with E-state index in [0.29, 0.717) is 35.9 Å². The summed E-state index contributed by atoms with van der Waals surface area (Å²) in [6.07, 6.45) is 0.926. The molecule has 0 bridgehead atoms. The van der Waals surface area contributed by atoms with Crippen LogP contribution in [0.5, 0.6) is 0 Å². The minimum Gasteiger partial charge on any atom is -0.338 e. The number of hydrogen-bond donors (Lipinski definition) is 1. The lowest BCUT2D eigenvalue weighted by Gasteiger charge is -2.23. The van der Waals surface area contributed by atoms with Gasteiger partial charge in [-0.1, -0.05) is 38.1 Å². The second-order valence-electron chi connectivity index (χ2n) is 7.15. The molecule has 25 heavy (non-hydrogen) atoms. The fraction of sp³-hybridized carbons (Fsp3) is 0.500. The first-order valence-electron chi connectivity index (χ1n) is 8.36. The zero-order chi connectivity index (χ0) is 17.3. The average Bonchev–Trinajstić information content (AvgIpc) is 3.22. The number of carbonyl (C=O) groups excluding carboxylic acids is 1. The van der Waals surface area contributed by atoms with Gasteiger partial charge in [0.2, 0.25) is 0 Å². The van der Waals surface area contributed by atoms with E-state index in [0.717, 1.165) is 13.0 Å². The van der Waals surface area contributed by atoms with Gasteiger partial charge < -0.3 is 15.2 Å². The topological polar surface area (TPSA) is 85.2 Å². The standard InChI is InChI=1S/C18H24N4O2.ClH/c1-12(2)15-20-16(24-21-15)13-6-4-5-7-14(13)17(23)22-9-8-18(3,10-19)11-22;/h4-7,12H,8-11,19H2,1-3H3;1H. The summed E-state index contributed by atoms with van der Waals surface area (Å²) in [5.41, 5.74) is 7.13. The van der Waals surface area contributed by atoms with Gasteiger partial charge in [-0.3, -0.25) is 4.79 Å². The van der Waals surface area contributed by atoms with E-state index in [1.165, 1.54) is 0 Å². The highest BCUT2D eigenvalue weighted by atomic mass is 35.5. The van der Waals surface area contributed by atoms with Crippen molar-refractivity contribution < 1.29 is 9.32 Å². The van der Waals surface area contributed by atoms with Crippen LogP contribution in [0.1, 0.15) is 49.3 Å². The van der Waals surface area contributed by atoms with Gasteiger partial charge in [-0.05, 0) is 30.5 Å². The summed E-state index contributed by atoms with van der Waals surface area (Å²) in [7, 11) is 0. The summed E-state index contributed by atoms with van der Waals surface area (Å²) < 4.78 is 5.38. The molecule has 1 saturated heterocycles.